The summed E-state index contributed by atoms with van der Waals surface area (Å²) in [6.45, 7) is 3.17. The normalized spacial score (nSPS) is 31.0. The van der Waals surface area contributed by atoms with Gasteiger partial charge in [0.2, 0.25) is 0 Å². The van der Waals surface area contributed by atoms with Gasteiger partial charge in [-0.3, -0.25) is 4.79 Å². The summed E-state index contributed by atoms with van der Waals surface area (Å²) in [6.07, 6.45) is 4.16. The first-order chi connectivity index (χ1) is 12.2. The second-order valence-electron chi connectivity index (χ2n) is 7.12. The second-order valence-corrected chi connectivity index (χ2v) is 7.12. The molecule has 1 aliphatic carbocycles. The highest BCUT2D eigenvalue weighted by Gasteiger charge is 2.43. The number of ether oxygens (including phenoxy) is 3. The van der Waals surface area contributed by atoms with E-state index in [4.69, 9.17) is 14.2 Å². The number of Topliss-reactive ketones (excluding diaryl/α,β-unsaturated/α-hetero) is 1. The van der Waals surface area contributed by atoms with Gasteiger partial charge in [0.15, 0.2) is 17.3 Å². The molecule has 134 valence electrons. The van der Waals surface area contributed by atoms with Crippen LogP contribution in [-0.4, -0.2) is 36.3 Å². The third-order valence-corrected chi connectivity index (χ3v) is 5.50. The highest BCUT2D eigenvalue weighted by Crippen LogP contribution is 2.41. The molecule has 1 aromatic rings. The summed E-state index contributed by atoms with van der Waals surface area (Å²) in [6, 6.07) is 5.57. The van der Waals surface area contributed by atoms with E-state index in [0.717, 1.165) is 18.4 Å². The highest BCUT2D eigenvalue weighted by atomic mass is 16.6. The van der Waals surface area contributed by atoms with E-state index in [1.165, 1.54) is 0 Å². The number of fused-ring (bicyclic) bond motifs is 2. The van der Waals surface area contributed by atoms with Gasteiger partial charge in [-0.05, 0) is 36.5 Å². The molecule has 5 heteroatoms. The molecular formula is C20H24O5. The fourth-order valence-corrected chi connectivity index (χ4v) is 4.17. The summed E-state index contributed by atoms with van der Waals surface area (Å²) in [5.74, 6) is 1.50. The van der Waals surface area contributed by atoms with Crippen molar-refractivity contribution < 1.29 is 24.1 Å². The third kappa shape index (κ3) is 3.01. The molecule has 1 N–H and O–H groups in total. The molecule has 0 saturated heterocycles. The summed E-state index contributed by atoms with van der Waals surface area (Å²) in [5, 5.41) is 10.3. The number of aliphatic hydroxyl groups excluding tert-OH is 1. The van der Waals surface area contributed by atoms with Crippen LogP contribution in [0.2, 0.25) is 0 Å². The Hall–Kier alpha value is -2.01. The Balaban J connectivity index is 1.59. The first-order valence-electron chi connectivity index (χ1n) is 9.15. The molecule has 2 aliphatic heterocycles. The van der Waals surface area contributed by atoms with Crippen molar-refractivity contribution in [1.29, 1.82) is 0 Å². The first-order valence-corrected chi connectivity index (χ1v) is 9.15. The van der Waals surface area contributed by atoms with Crippen molar-refractivity contribution in [3.05, 3.63) is 30.0 Å². The summed E-state index contributed by atoms with van der Waals surface area (Å²) >= 11 is 0. The molecule has 1 fully saturated rings. The van der Waals surface area contributed by atoms with Crippen LogP contribution in [0.3, 0.4) is 0 Å². The van der Waals surface area contributed by atoms with Gasteiger partial charge in [-0.1, -0.05) is 19.4 Å². The summed E-state index contributed by atoms with van der Waals surface area (Å²) in [7, 11) is 0. The molecule has 4 atom stereocenters. The minimum Gasteiger partial charge on any atom is -0.496 e. The zero-order valence-electron chi connectivity index (χ0n) is 14.4. The van der Waals surface area contributed by atoms with E-state index in [1.807, 2.05) is 18.2 Å². The van der Waals surface area contributed by atoms with Gasteiger partial charge in [-0.2, -0.15) is 0 Å². The zero-order chi connectivity index (χ0) is 17.4. The molecule has 0 aromatic heterocycles. The second kappa shape index (κ2) is 6.71. The molecule has 4 unspecified atom stereocenters. The maximum absolute atomic E-state index is 13.1. The maximum atomic E-state index is 13.1. The van der Waals surface area contributed by atoms with Crippen molar-refractivity contribution in [2.45, 2.75) is 44.8 Å². The quantitative estimate of drug-likeness (QED) is 0.913. The number of hydrogen-bond donors (Lipinski definition) is 1. The average Bonchev–Trinajstić information content (AvgIpc) is 2.63. The monoisotopic (exact) mass is 344 g/mol. The predicted octanol–water partition coefficient (Wildman–Crippen LogP) is 2.95. The lowest BCUT2D eigenvalue weighted by Gasteiger charge is -2.40. The first kappa shape index (κ1) is 16.5. The minimum absolute atomic E-state index is 0.112. The molecule has 0 spiro atoms. The van der Waals surface area contributed by atoms with Crippen LogP contribution in [0.5, 0.6) is 11.5 Å². The summed E-state index contributed by atoms with van der Waals surface area (Å²) in [4.78, 5) is 13.1. The summed E-state index contributed by atoms with van der Waals surface area (Å²) in [5.41, 5.74) is 1.38. The van der Waals surface area contributed by atoms with Gasteiger partial charge in [0.25, 0.3) is 0 Å². The van der Waals surface area contributed by atoms with Gasteiger partial charge >= 0.3 is 0 Å². The molecule has 3 aliphatic rings. The maximum Gasteiger partial charge on any atom is 0.173 e. The molecule has 2 heterocycles. The van der Waals surface area contributed by atoms with Gasteiger partial charge in [0.1, 0.15) is 19.3 Å². The van der Waals surface area contributed by atoms with Gasteiger partial charge in [0, 0.05) is 6.42 Å². The molecule has 4 rings (SSSR count). The molecule has 5 nitrogen and oxygen atoms in total. The third-order valence-electron chi connectivity index (χ3n) is 5.50. The smallest absolute Gasteiger partial charge is 0.173 e. The van der Waals surface area contributed by atoms with Crippen molar-refractivity contribution in [1.82, 2.24) is 0 Å². The number of hydrogen-bond acceptors (Lipinski definition) is 5. The Kier molecular flexibility index (Phi) is 4.42. The Morgan fingerprint density at radius 3 is 2.76 bits per heavy atom. The average molecular weight is 344 g/mol. The van der Waals surface area contributed by atoms with E-state index in [0.29, 0.717) is 43.1 Å². The molecule has 1 aromatic carbocycles. The topological polar surface area (TPSA) is 65.0 Å². The van der Waals surface area contributed by atoms with Crippen LogP contribution in [0.15, 0.2) is 24.5 Å². The van der Waals surface area contributed by atoms with E-state index >= 15 is 0 Å². The number of aliphatic hydroxyl groups is 1. The standard InChI is InChI=1S/C20H24O5/c1-2-3-13-8-14-18(10-16(13)21)25-11-15(20(14)22)12-4-5-17-19(9-12)24-7-6-23-17/h4-5,9,11,13-14,16,18,21H,2-3,6-8,10H2,1H3. The lowest BCUT2D eigenvalue weighted by Crippen LogP contribution is -2.44. The molecule has 0 radical (unpaired) electrons. The highest BCUT2D eigenvalue weighted by molar-refractivity contribution is 6.22. The van der Waals surface area contributed by atoms with Crippen molar-refractivity contribution in [2.75, 3.05) is 13.2 Å². The molecule has 1 saturated carbocycles. The van der Waals surface area contributed by atoms with E-state index in [9.17, 15) is 9.90 Å². The number of carbonyl (C=O) groups is 1. The van der Waals surface area contributed by atoms with Crippen molar-refractivity contribution in [3.8, 4) is 11.5 Å². The number of allylic oxidation sites excluding steroid dienone is 1. The number of rotatable bonds is 3. The van der Waals surface area contributed by atoms with Crippen LogP contribution in [0.1, 0.15) is 38.2 Å². The number of carbonyl (C=O) groups excluding carboxylic acids is 1. The Morgan fingerprint density at radius 1 is 1.16 bits per heavy atom. The van der Waals surface area contributed by atoms with E-state index < -0.39 is 0 Å². The van der Waals surface area contributed by atoms with Crippen molar-refractivity contribution in [3.63, 3.8) is 0 Å². The predicted molar refractivity (Wildman–Crippen MR) is 92.4 cm³/mol. The van der Waals surface area contributed by atoms with E-state index in [2.05, 4.69) is 6.92 Å². The molecule has 0 amide bonds. The van der Waals surface area contributed by atoms with Crippen LogP contribution in [-0.2, 0) is 9.53 Å². The zero-order valence-corrected chi connectivity index (χ0v) is 14.4. The van der Waals surface area contributed by atoms with Gasteiger partial charge in [-0.15, -0.1) is 0 Å². The van der Waals surface area contributed by atoms with Gasteiger partial charge in [0.05, 0.1) is 23.9 Å². The van der Waals surface area contributed by atoms with Crippen LogP contribution < -0.4 is 9.47 Å². The van der Waals surface area contributed by atoms with Gasteiger partial charge < -0.3 is 19.3 Å². The Labute approximate surface area is 147 Å². The molecule has 0 bridgehead atoms. The Morgan fingerprint density at radius 2 is 1.96 bits per heavy atom. The lowest BCUT2D eigenvalue weighted by molar-refractivity contribution is -0.129. The Bertz CT molecular complexity index is 695. The lowest BCUT2D eigenvalue weighted by atomic mass is 9.71. The molecule has 25 heavy (non-hydrogen) atoms. The SMILES string of the molecule is CCCC1CC2C(=O)C(c3ccc4c(c3)OCCO4)=COC2CC1O. The number of ketones is 1. The van der Waals surface area contributed by atoms with E-state index in [-0.39, 0.29) is 29.8 Å². The van der Waals surface area contributed by atoms with Crippen LogP contribution in [0.4, 0.5) is 0 Å². The van der Waals surface area contributed by atoms with Crippen LogP contribution >= 0.6 is 0 Å². The van der Waals surface area contributed by atoms with Crippen molar-refractivity contribution in [2.24, 2.45) is 11.8 Å². The fraction of sp³-hybridized carbons (Fsp3) is 0.550. The largest absolute Gasteiger partial charge is 0.496 e. The fourth-order valence-electron chi connectivity index (χ4n) is 4.17. The minimum atomic E-state index is -0.377. The number of benzene rings is 1. The van der Waals surface area contributed by atoms with Crippen LogP contribution in [0, 0.1) is 11.8 Å². The molecular weight excluding hydrogens is 320 g/mol. The van der Waals surface area contributed by atoms with E-state index in [1.54, 1.807) is 6.26 Å². The van der Waals surface area contributed by atoms with Crippen LogP contribution in [0.25, 0.3) is 5.57 Å². The van der Waals surface area contributed by atoms with Gasteiger partial charge in [-0.25, -0.2) is 0 Å². The van der Waals surface area contributed by atoms with Crippen molar-refractivity contribution >= 4 is 11.4 Å². The summed E-state index contributed by atoms with van der Waals surface area (Å²) < 4.78 is 17.0.